The van der Waals surface area contributed by atoms with Gasteiger partial charge in [0, 0.05) is 5.69 Å². The van der Waals surface area contributed by atoms with Crippen LogP contribution >= 0.6 is 0 Å². The Labute approximate surface area is 161 Å². The monoisotopic (exact) mass is 364 g/mol. The van der Waals surface area contributed by atoms with Gasteiger partial charge in [0.1, 0.15) is 0 Å². The second-order valence-electron chi connectivity index (χ2n) is 7.66. The molecule has 0 spiro atoms. The average molecular weight is 364 g/mol. The highest BCUT2D eigenvalue weighted by Gasteiger charge is 2.42. The van der Waals surface area contributed by atoms with Crippen molar-refractivity contribution in [2.75, 3.05) is 11.9 Å². The number of hydrogen-bond donors (Lipinski definition) is 2. The molecule has 142 valence electrons. The lowest BCUT2D eigenvalue weighted by atomic mass is 9.78. The number of carbonyl (C=O) groups is 2. The van der Waals surface area contributed by atoms with Crippen molar-refractivity contribution in [1.29, 1.82) is 0 Å². The first-order chi connectivity index (χ1) is 12.9. The highest BCUT2D eigenvalue weighted by atomic mass is 16.2. The van der Waals surface area contributed by atoms with Crippen LogP contribution in [-0.4, -0.2) is 18.4 Å². The molecule has 0 aliphatic heterocycles. The van der Waals surface area contributed by atoms with E-state index in [1.165, 1.54) is 5.56 Å². The molecule has 4 nitrogen and oxygen atoms in total. The number of aryl methyl sites for hydroxylation is 3. The average Bonchev–Trinajstić information content (AvgIpc) is 3.14. The molecule has 2 N–H and O–H groups in total. The van der Waals surface area contributed by atoms with E-state index in [2.05, 4.69) is 10.6 Å². The highest BCUT2D eigenvalue weighted by Crippen LogP contribution is 2.41. The third-order valence-electron chi connectivity index (χ3n) is 5.57. The minimum Gasteiger partial charge on any atom is -0.346 e. The molecule has 1 fully saturated rings. The molecule has 0 radical (unpaired) electrons. The Hall–Kier alpha value is -2.62. The van der Waals surface area contributed by atoms with Crippen LogP contribution in [0.15, 0.2) is 42.5 Å². The van der Waals surface area contributed by atoms with E-state index in [4.69, 9.17) is 0 Å². The van der Waals surface area contributed by atoms with Crippen LogP contribution in [0.4, 0.5) is 5.69 Å². The van der Waals surface area contributed by atoms with Crippen molar-refractivity contribution in [3.05, 3.63) is 64.7 Å². The van der Waals surface area contributed by atoms with Crippen molar-refractivity contribution in [2.24, 2.45) is 0 Å². The van der Waals surface area contributed by atoms with E-state index in [-0.39, 0.29) is 18.4 Å². The molecule has 2 aromatic carbocycles. The Morgan fingerprint density at radius 1 is 0.963 bits per heavy atom. The van der Waals surface area contributed by atoms with Gasteiger partial charge in [-0.2, -0.15) is 0 Å². The molecule has 1 aliphatic rings. The molecule has 3 rings (SSSR count). The van der Waals surface area contributed by atoms with E-state index in [0.717, 1.165) is 48.1 Å². The quantitative estimate of drug-likeness (QED) is 0.836. The predicted molar refractivity (Wildman–Crippen MR) is 109 cm³/mol. The summed E-state index contributed by atoms with van der Waals surface area (Å²) in [5.41, 5.74) is 4.61. The minimum absolute atomic E-state index is 0.0137. The maximum Gasteiger partial charge on any atom is 0.243 e. The number of benzene rings is 2. The van der Waals surface area contributed by atoms with Crippen molar-refractivity contribution in [1.82, 2.24) is 5.32 Å². The molecule has 1 saturated carbocycles. The molecule has 0 aromatic heterocycles. The molecule has 0 bridgehead atoms. The van der Waals surface area contributed by atoms with Crippen molar-refractivity contribution in [3.8, 4) is 0 Å². The zero-order chi connectivity index (χ0) is 19.4. The Balaban J connectivity index is 1.67. The SMILES string of the molecule is Cc1cc(C)c(NC(=O)CNC(=O)C2(c3ccccc3)CCCC2)c(C)c1. The maximum atomic E-state index is 13.0. The van der Waals surface area contributed by atoms with E-state index in [0.29, 0.717) is 0 Å². The van der Waals surface area contributed by atoms with E-state index < -0.39 is 5.41 Å². The Kier molecular flexibility index (Phi) is 5.64. The molecule has 0 saturated heterocycles. The van der Waals surface area contributed by atoms with E-state index in [1.807, 2.05) is 63.2 Å². The van der Waals surface area contributed by atoms with Gasteiger partial charge in [-0.3, -0.25) is 9.59 Å². The molecular weight excluding hydrogens is 336 g/mol. The lowest BCUT2D eigenvalue weighted by Crippen LogP contribution is -2.45. The van der Waals surface area contributed by atoms with Gasteiger partial charge in [0.25, 0.3) is 0 Å². The molecule has 0 heterocycles. The van der Waals surface area contributed by atoms with Gasteiger partial charge >= 0.3 is 0 Å². The third kappa shape index (κ3) is 4.05. The van der Waals surface area contributed by atoms with Crippen LogP contribution in [0.2, 0.25) is 0 Å². The fourth-order valence-electron chi connectivity index (χ4n) is 4.27. The topological polar surface area (TPSA) is 58.2 Å². The second kappa shape index (κ2) is 7.95. The maximum absolute atomic E-state index is 13.0. The number of hydrogen-bond acceptors (Lipinski definition) is 2. The largest absolute Gasteiger partial charge is 0.346 e. The van der Waals surface area contributed by atoms with Crippen molar-refractivity contribution < 1.29 is 9.59 Å². The van der Waals surface area contributed by atoms with Crippen molar-refractivity contribution >= 4 is 17.5 Å². The molecule has 0 atom stereocenters. The minimum atomic E-state index is -0.503. The summed E-state index contributed by atoms with van der Waals surface area (Å²) < 4.78 is 0. The van der Waals surface area contributed by atoms with Crippen LogP contribution in [0, 0.1) is 20.8 Å². The van der Waals surface area contributed by atoms with Crippen molar-refractivity contribution in [2.45, 2.75) is 51.9 Å². The Morgan fingerprint density at radius 2 is 1.56 bits per heavy atom. The fourth-order valence-corrected chi connectivity index (χ4v) is 4.27. The fraction of sp³-hybridized carbons (Fsp3) is 0.391. The predicted octanol–water partition coefficient (Wildman–Crippen LogP) is 4.18. The summed E-state index contributed by atoms with van der Waals surface area (Å²) >= 11 is 0. The summed E-state index contributed by atoms with van der Waals surface area (Å²) in [6, 6.07) is 14.0. The van der Waals surface area contributed by atoms with Crippen LogP contribution < -0.4 is 10.6 Å². The Bertz CT molecular complexity index is 814. The van der Waals surface area contributed by atoms with Crippen LogP contribution in [0.3, 0.4) is 0 Å². The van der Waals surface area contributed by atoms with Gasteiger partial charge in [0.2, 0.25) is 11.8 Å². The normalized spacial score (nSPS) is 15.4. The van der Waals surface area contributed by atoms with E-state index >= 15 is 0 Å². The second-order valence-corrected chi connectivity index (χ2v) is 7.66. The smallest absolute Gasteiger partial charge is 0.243 e. The zero-order valence-electron chi connectivity index (χ0n) is 16.4. The van der Waals surface area contributed by atoms with Crippen LogP contribution in [0.5, 0.6) is 0 Å². The first-order valence-electron chi connectivity index (χ1n) is 9.64. The lowest BCUT2D eigenvalue weighted by molar-refractivity contribution is -0.128. The summed E-state index contributed by atoms with van der Waals surface area (Å²) in [5, 5.41) is 5.83. The van der Waals surface area contributed by atoms with Crippen LogP contribution in [0.1, 0.15) is 47.9 Å². The number of amides is 2. The standard InChI is InChI=1S/C23H28N2O2/c1-16-13-17(2)21(18(3)14-16)25-20(26)15-24-22(27)23(11-7-8-12-23)19-9-5-4-6-10-19/h4-6,9-10,13-14H,7-8,11-12,15H2,1-3H3,(H,24,27)(H,25,26). The molecule has 2 aromatic rings. The lowest BCUT2D eigenvalue weighted by Gasteiger charge is -2.28. The molecule has 2 amide bonds. The van der Waals surface area contributed by atoms with Gasteiger partial charge in [-0.05, 0) is 50.3 Å². The Morgan fingerprint density at radius 3 is 2.15 bits per heavy atom. The van der Waals surface area contributed by atoms with Gasteiger partial charge in [0.15, 0.2) is 0 Å². The van der Waals surface area contributed by atoms with Crippen LogP contribution in [0.25, 0.3) is 0 Å². The summed E-state index contributed by atoms with van der Waals surface area (Å²) in [5.74, 6) is -0.238. The first-order valence-corrected chi connectivity index (χ1v) is 9.64. The van der Waals surface area contributed by atoms with Crippen LogP contribution in [-0.2, 0) is 15.0 Å². The highest BCUT2D eigenvalue weighted by molar-refractivity contribution is 5.97. The third-order valence-corrected chi connectivity index (χ3v) is 5.57. The molecular formula is C23H28N2O2. The van der Waals surface area contributed by atoms with Gasteiger partial charge in [-0.25, -0.2) is 0 Å². The first kappa shape index (κ1) is 19.2. The molecule has 4 heteroatoms. The number of nitrogens with one attached hydrogen (secondary N) is 2. The van der Waals surface area contributed by atoms with Crippen molar-refractivity contribution in [3.63, 3.8) is 0 Å². The number of carbonyl (C=O) groups excluding carboxylic acids is 2. The summed E-state index contributed by atoms with van der Waals surface area (Å²) in [6.07, 6.45) is 3.74. The van der Waals surface area contributed by atoms with Gasteiger partial charge in [0.05, 0.1) is 12.0 Å². The summed E-state index contributed by atoms with van der Waals surface area (Å²) in [6.45, 7) is 5.99. The summed E-state index contributed by atoms with van der Waals surface area (Å²) in [7, 11) is 0. The number of anilines is 1. The molecule has 1 aliphatic carbocycles. The molecule has 27 heavy (non-hydrogen) atoms. The van der Waals surface area contributed by atoms with Gasteiger partial charge in [-0.1, -0.05) is 60.9 Å². The molecule has 0 unspecified atom stereocenters. The summed E-state index contributed by atoms with van der Waals surface area (Å²) in [4.78, 5) is 25.4. The zero-order valence-corrected chi connectivity index (χ0v) is 16.4. The number of rotatable bonds is 5. The van der Waals surface area contributed by atoms with E-state index in [9.17, 15) is 9.59 Å². The van der Waals surface area contributed by atoms with E-state index in [1.54, 1.807) is 0 Å². The van der Waals surface area contributed by atoms with Gasteiger partial charge < -0.3 is 10.6 Å². The van der Waals surface area contributed by atoms with Gasteiger partial charge in [-0.15, -0.1) is 0 Å².